The van der Waals surface area contributed by atoms with Gasteiger partial charge >= 0.3 is 0 Å². The van der Waals surface area contributed by atoms with Crippen LogP contribution < -0.4 is 5.73 Å². The smallest absolute Gasteiger partial charge is 0.0208 e. The molecule has 1 aromatic rings. The van der Waals surface area contributed by atoms with Gasteiger partial charge in [0.25, 0.3) is 0 Å². The second-order valence-electron chi connectivity index (χ2n) is 4.09. The molecular formula is C14H22N2. The van der Waals surface area contributed by atoms with Crippen LogP contribution in [0.25, 0.3) is 0 Å². The van der Waals surface area contributed by atoms with E-state index in [0.717, 1.165) is 26.1 Å². The van der Waals surface area contributed by atoms with Crippen molar-refractivity contribution in [2.24, 2.45) is 5.73 Å². The molecule has 1 aromatic carbocycles. The maximum Gasteiger partial charge on any atom is 0.0208 e. The van der Waals surface area contributed by atoms with Crippen LogP contribution in [0.1, 0.15) is 12.5 Å². The third-order valence-electron chi connectivity index (χ3n) is 2.67. The van der Waals surface area contributed by atoms with E-state index in [1.165, 1.54) is 5.56 Å². The van der Waals surface area contributed by atoms with Gasteiger partial charge in [0.05, 0.1) is 0 Å². The Morgan fingerprint density at radius 3 is 2.62 bits per heavy atom. The summed E-state index contributed by atoms with van der Waals surface area (Å²) < 4.78 is 0. The largest absolute Gasteiger partial charge is 0.326 e. The van der Waals surface area contributed by atoms with E-state index in [4.69, 9.17) is 5.73 Å². The molecule has 0 heterocycles. The van der Waals surface area contributed by atoms with Crippen molar-refractivity contribution in [3.05, 3.63) is 48.6 Å². The highest BCUT2D eigenvalue weighted by Gasteiger charge is 2.08. The fourth-order valence-electron chi connectivity index (χ4n) is 1.83. The lowest BCUT2D eigenvalue weighted by molar-refractivity contribution is 0.296. The van der Waals surface area contributed by atoms with Crippen molar-refractivity contribution in [1.82, 2.24) is 4.90 Å². The van der Waals surface area contributed by atoms with Gasteiger partial charge in [-0.2, -0.15) is 0 Å². The lowest BCUT2D eigenvalue weighted by Gasteiger charge is -2.22. The molecule has 1 rings (SSSR count). The molecule has 2 heteroatoms. The fraction of sp³-hybridized carbons (Fsp3) is 0.429. The summed E-state index contributed by atoms with van der Waals surface area (Å²) in [4.78, 5) is 2.31. The summed E-state index contributed by atoms with van der Waals surface area (Å²) in [6.45, 7) is 8.77. The number of benzene rings is 1. The normalized spacial score (nSPS) is 12.7. The highest BCUT2D eigenvalue weighted by atomic mass is 15.1. The van der Waals surface area contributed by atoms with Crippen molar-refractivity contribution in [3.8, 4) is 0 Å². The van der Waals surface area contributed by atoms with Gasteiger partial charge in [0.2, 0.25) is 0 Å². The van der Waals surface area contributed by atoms with Gasteiger partial charge in [-0.05, 0) is 18.5 Å². The van der Waals surface area contributed by atoms with Crippen molar-refractivity contribution in [2.75, 3.05) is 19.6 Å². The highest BCUT2D eigenvalue weighted by molar-refractivity contribution is 5.15. The maximum absolute atomic E-state index is 6.14. The van der Waals surface area contributed by atoms with E-state index in [1.807, 2.05) is 12.1 Å². The summed E-state index contributed by atoms with van der Waals surface area (Å²) in [7, 11) is 0. The number of likely N-dealkylation sites (N-methyl/N-ethyl adjacent to an activating group) is 1. The molecule has 0 aliphatic heterocycles. The van der Waals surface area contributed by atoms with E-state index < -0.39 is 0 Å². The van der Waals surface area contributed by atoms with E-state index >= 15 is 0 Å². The summed E-state index contributed by atoms with van der Waals surface area (Å²) in [5, 5.41) is 0. The molecule has 0 bridgehead atoms. The van der Waals surface area contributed by atoms with Gasteiger partial charge in [-0.25, -0.2) is 0 Å². The summed E-state index contributed by atoms with van der Waals surface area (Å²) >= 11 is 0. The topological polar surface area (TPSA) is 29.3 Å². The number of nitrogens with zero attached hydrogens (tertiary/aromatic N) is 1. The Balaban J connectivity index is 2.40. The van der Waals surface area contributed by atoms with Crippen LogP contribution in [0, 0.1) is 0 Å². The Bertz CT molecular complexity index is 295. The molecule has 0 spiro atoms. The van der Waals surface area contributed by atoms with Crippen molar-refractivity contribution >= 4 is 0 Å². The molecule has 0 aliphatic rings. The van der Waals surface area contributed by atoms with Crippen LogP contribution in [0.15, 0.2) is 43.0 Å². The average molecular weight is 218 g/mol. The maximum atomic E-state index is 6.14. The molecule has 16 heavy (non-hydrogen) atoms. The minimum Gasteiger partial charge on any atom is -0.326 e. The van der Waals surface area contributed by atoms with Gasteiger partial charge in [0, 0.05) is 19.1 Å². The van der Waals surface area contributed by atoms with E-state index in [0.29, 0.717) is 0 Å². The van der Waals surface area contributed by atoms with Crippen molar-refractivity contribution in [1.29, 1.82) is 0 Å². The SMILES string of the molecule is C=CCN(CC)CC(N)Cc1ccccc1. The van der Waals surface area contributed by atoms with Crippen LogP contribution in [-0.4, -0.2) is 30.6 Å². The molecule has 1 unspecified atom stereocenters. The molecular weight excluding hydrogens is 196 g/mol. The molecule has 0 fully saturated rings. The highest BCUT2D eigenvalue weighted by Crippen LogP contribution is 2.03. The van der Waals surface area contributed by atoms with Crippen molar-refractivity contribution < 1.29 is 0 Å². The Hall–Kier alpha value is -1.12. The van der Waals surface area contributed by atoms with E-state index in [1.54, 1.807) is 0 Å². The van der Waals surface area contributed by atoms with E-state index in [2.05, 4.69) is 42.7 Å². The van der Waals surface area contributed by atoms with Crippen LogP contribution in [0.3, 0.4) is 0 Å². The summed E-state index contributed by atoms with van der Waals surface area (Å²) in [6, 6.07) is 10.6. The van der Waals surface area contributed by atoms with Gasteiger partial charge in [-0.15, -0.1) is 6.58 Å². The predicted octanol–water partition coefficient (Wildman–Crippen LogP) is 2.06. The van der Waals surface area contributed by atoms with Crippen molar-refractivity contribution in [3.63, 3.8) is 0 Å². The van der Waals surface area contributed by atoms with E-state index in [-0.39, 0.29) is 6.04 Å². The first kappa shape index (κ1) is 12.9. The van der Waals surface area contributed by atoms with Crippen LogP contribution in [0.4, 0.5) is 0 Å². The molecule has 88 valence electrons. The van der Waals surface area contributed by atoms with Crippen LogP contribution in [-0.2, 0) is 6.42 Å². The first-order valence-electron chi connectivity index (χ1n) is 5.89. The lowest BCUT2D eigenvalue weighted by atomic mass is 10.1. The van der Waals surface area contributed by atoms with Gasteiger partial charge in [0.15, 0.2) is 0 Å². The average Bonchev–Trinajstić information content (AvgIpc) is 2.29. The van der Waals surface area contributed by atoms with Gasteiger partial charge in [-0.1, -0.05) is 43.3 Å². The fourth-order valence-corrected chi connectivity index (χ4v) is 1.83. The van der Waals surface area contributed by atoms with Crippen LogP contribution >= 0.6 is 0 Å². The molecule has 2 N–H and O–H groups in total. The van der Waals surface area contributed by atoms with Crippen LogP contribution in [0.5, 0.6) is 0 Å². The monoisotopic (exact) mass is 218 g/mol. The summed E-state index contributed by atoms with van der Waals surface area (Å²) in [5.74, 6) is 0. The molecule has 0 saturated heterocycles. The Kier molecular flexibility index (Phi) is 5.83. The van der Waals surface area contributed by atoms with Gasteiger partial charge in [-0.3, -0.25) is 4.90 Å². The minimum atomic E-state index is 0.197. The first-order chi connectivity index (χ1) is 7.76. The van der Waals surface area contributed by atoms with Crippen molar-refractivity contribution in [2.45, 2.75) is 19.4 Å². The van der Waals surface area contributed by atoms with Gasteiger partial charge in [0.1, 0.15) is 0 Å². The zero-order valence-corrected chi connectivity index (χ0v) is 10.1. The quantitative estimate of drug-likeness (QED) is 0.710. The number of rotatable bonds is 7. The molecule has 0 amide bonds. The number of nitrogens with two attached hydrogens (primary N) is 1. The van der Waals surface area contributed by atoms with E-state index in [9.17, 15) is 0 Å². The minimum absolute atomic E-state index is 0.197. The zero-order valence-electron chi connectivity index (χ0n) is 10.1. The molecule has 2 nitrogen and oxygen atoms in total. The second-order valence-corrected chi connectivity index (χ2v) is 4.09. The molecule has 0 aliphatic carbocycles. The molecule has 0 radical (unpaired) electrons. The summed E-state index contributed by atoms with van der Waals surface area (Å²) in [5.41, 5.74) is 7.45. The number of hydrogen-bond acceptors (Lipinski definition) is 2. The summed E-state index contributed by atoms with van der Waals surface area (Å²) in [6.07, 6.45) is 2.87. The standard InChI is InChI=1S/C14H22N2/c1-3-10-16(4-2)12-14(15)11-13-8-6-5-7-9-13/h3,5-9,14H,1,4,10-12,15H2,2H3. The Labute approximate surface area is 98.8 Å². The molecule has 1 atom stereocenters. The zero-order chi connectivity index (χ0) is 11.8. The third kappa shape index (κ3) is 4.60. The third-order valence-corrected chi connectivity index (χ3v) is 2.67. The first-order valence-corrected chi connectivity index (χ1v) is 5.89. The molecule has 0 saturated carbocycles. The Morgan fingerprint density at radius 1 is 1.38 bits per heavy atom. The second kappa shape index (κ2) is 7.20. The van der Waals surface area contributed by atoms with Gasteiger partial charge < -0.3 is 5.73 Å². The lowest BCUT2D eigenvalue weighted by Crippen LogP contribution is -2.38. The Morgan fingerprint density at radius 2 is 2.06 bits per heavy atom. The predicted molar refractivity (Wildman–Crippen MR) is 70.4 cm³/mol. The van der Waals surface area contributed by atoms with Crippen LogP contribution in [0.2, 0.25) is 0 Å². The molecule has 0 aromatic heterocycles. The number of hydrogen-bond donors (Lipinski definition) is 1.